The fourth-order valence-electron chi connectivity index (χ4n) is 18.8. The fourth-order valence-corrected chi connectivity index (χ4v) is 18.8. The van der Waals surface area contributed by atoms with Crippen molar-refractivity contribution in [2.75, 3.05) is 104 Å². The molecule has 7 fully saturated rings. The van der Waals surface area contributed by atoms with Crippen LogP contribution in [0, 0.1) is 69.0 Å². The molecule has 0 radical (unpaired) electrons. The van der Waals surface area contributed by atoms with Gasteiger partial charge >= 0.3 is 0 Å². The van der Waals surface area contributed by atoms with Crippen molar-refractivity contribution in [2.24, 2.45) is 21.7 Å². The molecule has 0 aliphatic carbocycles. The summed E-state index contributed by atoms with van der Waals surface area (Å²) < 4.78 is 42.3. The number of nitrogens with zero attached hydrogens (tertiary/aromatic N) is 12. The molecule has 7 atom stereocenters. The molecule has 11 aliphatic rings. The first kappa shape index (κ1) is 101. The third kappa shape index (κ3) is 20.5. The molecule has 752 valence electrons. The summed E-state index contributed by atoms with van der Waals surface area (Å²) in [4.78, 5) is 218. The third-order valence-corrected chi connectivity index (χ3v) is 26.8. The number of benzene rings is 5. The minimum absolute atomic E-state index is 0.000197. The minimum atomic E-state index is -1.50. The summed E-state index contributed by atoms with van der Waals surface area (Å²) in [7, 11) is 10.4. The Hall–Kier alpha value is -17.7. The van der Waals surface area contributed by atoms with E-state index in [9.17, 15) is 82.1 Å². The Morgan fingerprint density at radius 2 is 0.769 bits per heavy atom. The molecule has 1 unspecified atom stereocenters. The molecule has 41 nitrogen and oxygen atoms in total. The van der Waals surface area contributed by atoms with Crippen LogP contribution in [0.25, 0.3) is 11.4 Å². The number of methoxy groups -OCH3 is 7. The van der Waals surface area contributed by atoms with Gasteiger partial charge in [-0.05, 0) is 163 Å². The predicted molar refractivity (Wildman–Crippen MR) is 518 cm³/mol. The lowest BCUT2D eigenvalue weighted by Gasteiger charge is -2.26. The van der Waals surface area contributed by atoms with Gasteiger partial charge in [-0.15, -0.1) is 0 Å². The van der Waals surface area contributed by atoms with Gasteiger partial charge in [-0.1, -0.05) is 72.9 Å². The topological polar surface area (TPSA) is 510 Å². The van der Waals surface area contributed by atoms with Crippen molar-refractivity contribution < 1.29 is 120 Å². The highest BCUT2D eigenvalue weighted by molar-refractivity contribution is 6.12. The van der Waals surface area contributed by atoms with Gasteiger partial charge in [0.1, 0.15) is 68.2 Å². The Morgan fingerprint density at radius 3 is 1.07 bits per heavy atom. The summed E-state index contributed by atoms with van der Waals surface area (Å²) in [5.74, 6) is 22.9. The van der Waals surface area contributed by atoms with Gasteiger partial charge in [0.05, 0.1) is 94.5 Å². The van der Waals surface area contributed by atoms with E-state index in [2.05, 4.69) is 93.7 Å². The van der Waals surface area contributed by atoms with E-state index in [1.807, 2.05) is 45.0 Å². The zero-order valence-electron chi connectivity index (χ0n) is 81.4. The number of aliphatic hydroxyl groups is 2. The number of ether oxygens (including phenoxy) is 7. The van der Waals surface area contributed by atoms with Crippen molar-refractivity contribution in [3.63, 3.8) is 0 Å². The number of β-amino-alcohol motifs (C(OH)–C–C–N with tert-alkyl or cyclic N) is 1. The van der Waals surface area contributed by atoms with Crippen LogP contribution in [-0.2, 0) is 78.9 Å². The summed E-state index contributed by atoms with van der Waals surface area (Å²) in [6.45, 7) is 7.18. The average Bonchev–Trinajstić information content (AvgIpc) is 1.64. The molecule has 20 rings (SSSR count). The number of pyridine rings is 3. The number of imide groups is 4. The quantitative estimate of drug-likeness (QED) is 0.0430. The molecule has 11 aliphatic heterocycles. The Morgan fingerprint density at radius 1 is 0.415 bits per heavy atom. The zero-order valence-corrected chi connectivity index (χ0v) is 81.4. The molecule has 0 saturated carbocycles. The lowest BCUT2D eigenvalue weighted by Crippen LogP contribution is -2.42. The Bertz CT molecular complexity index is 7130. The van der Waals surface area contributed by atoms with Gasteiger partial charge in [0, 0.05) is 117 Å². The molecule has 9 aromatic rings. The second kappa shape index (κ2) is 41.3. The van der Waals surface area contributed by atoms with E-state index in [1.165, 1.54) is 74.3 Å². The smallest absolute Gasteiger partial charge is 0.257 e. The first-order valence-corrected chi connectivity index (χ1v) is 46.7. The highest BCUT2D eigenvalue weighted by Gasteiger charge is 2.54. The van der Waals surface area contributed by atoms with Crippen molar-refractivity contribution >= 4 is 106 Å². The fraction of sp³-hybridized carbons (Fsp3) is 0.340. The van der Waals surface area contributed by atoms with Gasteiger partial charge in [0.25, 0.3) is 29.5 Å². The summed E-state index contributed by atoms with van der Waals surface area (Å²) in [5.41, 5.74) is 1.35. The van der Waals surface area contributed by atoms with E-state index in [1.54, 1.807) is 119 Å². The molecule has 4 aromatic heterocycles. The van der Waals surface area contributed by atoms with Crippen molar-refractivity contribution in [1.82, 2.24) is 66.0 Å². The van der Waals surface area contributed by atoms with Crippen LogP contribution in [0.5, 0.6) is 40.2 Å². The summed E-state index contributed by atoms with van der Waals surface area (Å²) >= 11 is 0. The van der Waals surface area contributed by atoms with Crippen LogP contribution < -0.4 is 69.1 Å². The number of anilines is 3. The number of hydrogen-bond acceptors (Lipinski definition) is 30. The van der Waals surface area contributed by atoms with Gasteiger partial charge < -0.3 is 67.5 Å². The number of carbonyl (C=O) groups is 15. The SMILES string of the molecule is COc1ccc2c(c1)C(=O)N(C[C@@]1(C#Cc3ccc(-c4noc(C(C)C)n4)cc3)CC(=O)NC1=O)C2.COc1ccc2c(c1)C(=O)N(C[C@@]1(C#Cc3nc(N4C(=O)CCC4C)ccc3OC)CC(=O)NC1=O)C2.COc1ccc2c(c1)C(=O)N(C[C@@]1(C#Cc3nc(N4CC[C@H](O)C4=O)ccc3OC)CC(=O)NC1=O)C2.COc1ccc2c(c1)C(=O)N(C[C@@]1(C#Cc3nc(N4C[C@H](O)CC4=O)ccc3OC)CC(=O)NC1=O)C2. The van der Waals surface area contributed by atoms with Gasteiger partial charge in [-0.25, -0.2) is 15.0 Å². The van der Waals surface area contributed by atoms with Crippen molar-refractivity contribution in [2.45, 2.75) is 122 Å². The van der Waals surface area contributed by atoms with Gasteiger partial charge in [-0.3, -0.25) is 108 Å². The monoisotopic (exact) mass is 1990 g/mol. The van der Waals surface area contributed by atoms with E-state index in [-0.39, 0.29) is 167 Å². The molecule has 5 aromatic carbocycles. The molecular formula is C106H98N16O25. The van der Waals surface area contributed by atoms with Crippen LogP contribution in [0.3, 0.4) is 0 Å². The first-order chi connectivity index (χ1) is 70.5. The van der Waals surface area contributed by atoms with E-state index < -0.39 is 87.0 Å². The molecule has 15 heterocycles. The number of amides is 15. The Balaban J connectivity index is 0.000000134. The standard InChI is InChI=1S/C27H26N4O6.C27H24N4O5.2C26H24N4O7/c1-16-4-9-24(33)31(16)22-8-7-21(37-3)20(28-22)10-11-27(13-23(32)29-26(27)35)15-30-14-17-5-6-18(36-2)12-19(17)25(30)34;1-16(2)24-29-23(30-36-24)18-6-4-17(5-7-18)10-11-27(13-22(32)28-26(27)34)15-31-14-19-8-9-20(35-3)12-21(19)25(31)33;1-36-16-4-3-15-13-29(23(33)17(15)11-16)14-26(12-22(32)28-25(26)35)9-7-18-20(37-2)5-6-21(27-18)30-10-8-19(31)24(30)34;1-36-17-4-3-15-12-29(24(34)18(15)10-17)14-26(11-22(32)28-25(26)35)8-7-19-20(37-2)5-6-21(27-19)30-13-16(31)9-23(30)33/h5-8,12,16H,4,9,13-15H2,1-3H3,(H,29,32,35);4-9,12,16H,13-15H2,1-3H3,(H,28,32,34);3-6,11,19,31H,8,10,12-14H2,1-2H3,(H,28,32,35);3-6,10,16,31H,9,11-14H2,1-2H3,(H,28,32,35)/t16?,27-;27-;19-,26+;16-,26-/m1101/s1. The minimum Gasteiger partial charge on any atom is -0.497 e. The second-order valence-electron chi connectivity index (χ2n) is 36.9. The zero-order chi connectivity index (χ0) is 104. The molecule has 0 spiro atoms. The molecule has 7 saturated heterocycles. The summed E-state index contributed by atoms with van der Waals surface area (Å²) in [6.07, 6.45) is -1.15. The normalized spacial score (nSPS) is 21.7. The Labute approximate surface area is 841 Å². The number of nitrogens with one attached hydrogen (secondary N) is 4. The Kier molecular flexibility index (Phi) is 28.3. The number of fused-ring (bicyclic) bond motifs is 4. The maximum Gasteiger partial charge on any atom is 0.257 e. The molecule has 147 heavy (non-hydrogen) atoms. The van der Waals surface area contributed by atoms with E-state index in [0.29, 0.717) is 105 Å². The van der Waals surface area contributed by atoms with E-state index in [4.69, 9.17) is 37.7 Å². The maximum atomic E-state index is 13.1. The van der Waals surface area contributed by atoms with Crippen LogP contribution >= 0.6 is 0 Å². The van der Waals surface area contributed by atoms with Crippen molar-refractivity contribution in [1.29, 1.82) is 0 Å². The number of hydrogen-bond donors (Lipinski definition) is 6. The summed E-state index contributed by atoms with van der Waals surface area (Å²) in [5, 5.41) is 32.9. The lowest BCUT2D eigenvalue weighted by molar-refractivity contribution is -0.128. The van der Waals surface area contributed by atoms with Crippen LogP contribution in [0.4, 0.5) is 17.5 Å². The molecule has 0 bridgehead atoms. The van der Waals surface area contributed by atoms with E-state index >= 15 is 0 Å². The molecule has 41 heteroatoms. The highest BCUT2D eigenvalue weighted by Crippen LogP contribution is 2.42. The average molecular weight is 2000 g/mol. The predicted octanol–water partition coefficient (Wildman–Crippen LogP) is 5.04. The number of rotatable bonds is 20. The van der Waals surface area contributed by atoms with Gasteiger partial charge in [0.15, 0.2) is 34.3 Å². The highest BCUT2D eigenvalue weighted by atomic mass is 16.5. The van der Waals surface area contributed by atoms with E-state index in [0.717, 1.165) is 34.2 Å². The van der Waals surface area contributed by atoms with Gasteiger partial charge in [0.2, 0.25) is 70.8 Å². The van der Waals surface area contributed by atoms with Crippen LogP contribution in [-0.4, -0.2) is 251 Å². The number of aromatic nitrogens is 5. The lowest BCUT2D eigenvalue weighted by atomic mass is 9.85. The third-order valence-electron chi connectivity index (χ3n) is 26.8. The van der Waals surface area contributed by atoms with Crippen LogP contribution in [0.1, 0.15) is 170 Å². The van der Waals surface area contributed by atoms with Crippen molar-refractivity contribution in [3.05, 3.63) is 207 Å². The largest absolute Gasteiger partial charge is 0.497 e. The molecular weight excluding hydrogens is 1900 g/mol. The van der Waals surface area contributed by atoms with Crippen LogP contribution in [0.2, 0.25) is 0 Å². The number of carbonyl (C=O) groups excluding carboxylic acids is 15. The summed E-state index contributed by atoms with van der Waals surface area (Å²) in [6, 6.07) is 37.9. The molecule has 6 N–H and O–H groups in total. The molecule has 15 amide bonds. The van der Waals surface area contributed by atoms with Crippen LogP contribution in [0.15, 0.2) is 138 Å². The first-order valence-electron chi connectivity index (χ1n) is 46.7. The second-order valence-corrected chi connectivity index (χ2v) is 36.9. The number of aliphatic hydroxyl groups excluding tert-OH is 2. The van der Waals surface area contributed by atoms with Gasteiger partial charge in [-0.2, -0.15) is 4.98 Å². The van der Waals surface area contributed by atoms with Crippen molar-refractivity contribution in [3.8, 4) is 99.0 Å². The maximum absolute atomic E-state index is 13.1.